The first kappa shape index (κ1) is 20.7. The summed E-state index contributed by atoms with van der Waals surface area (Å²) in [6, 6.07) is 6.63. The van der Waals surface area contributed by atoms with Crippen LogP contribution in [-0.4, -0.2) is 31.0 Å². The number of rotatable bonds is 6. The maximum atomic E-state index is 13.1. The SMILES string of the molecule is CC(C)n1cnc2c(=O)n(-c3ccc(Cl)cc3)c(SCCCC(F)(F)F)nc21. The summed E-state index contributed by atoms with van der Waals surface area (Å²) in [4.78, 5) is 21.8. The first-order chi connectivity index (χ1) is 13.2. The first-order valence-corrected chi connectivity index (χ1v) is 9.99. The minimum Gasteiger partial charge on any atom is -0.312 e. The van der Waals surface area contributed by atoms with Crippen LogP contribution in [0.25, 0.3) is 16.9 Å². The maximum Gasteiger partial charge on any atom is 0.389 e. The molecular formula is C18H18ClF3N4OS. The van der Waals surface area contributed by atoms with Crippen LogP contribution in [-0.2, 0) is 0 Å². The van der Waals surface area contributed by atoms with E-state index in [1.165, 1.54) is 4.57 Å². The Morgan fingerprint density at radius 3 is 2.50 bits per heavy atom. The second-order valence-corrected chi connectivity index (χ2v) is 7.99. The number of thioether (sulfide) groups is 1. The molecule has 0 aliphatic heterocycles. The van der Waals surface area contributed by atoms with Crippen molar-refractivity contribution in [3.63, 3.8) is 0 Å². The molecule has 10 heteroatoms. The molecule has 3 rings (SSSR count). The van der Waals surface area contributed by atoms with Crippen LogP contribution in [0.3, 0.4) is 0 Å². The van der Waals surface area contributed by atoms with Gasteiger partial charge in [0.1, 0.15) is 0 Å². The lowest BCUT2D eigenvalue weighted by atomic mass is 10.3. The van der Waals surface area contributed by atoms with E-state index >= 15 is 0 Å². The summed E-state index contributed by atoms with van der Waals surface area (Å²) in [5.74, 6) is 0.181. The highest BCUT2D eigenvalue weighted by atomic mass is 35.5. The van der Waals surface area contributed by atoms with Gasteiger partial charge < -0.3 is 4.57 Å². The van der Waals surface area contributed by atoms with Gasteiger partial charge in [0, 0.05) is 23.2 Å². The number of hydrogen-bond acceptors (Lipinski definition) is 4. The fraction of sp³-hybridized carbons (Fsp3) is 0.389. The lowest BCUT2D eigenvalue weighted by Gasteiger charge is -2.14. The highest BCUT2D eigenvalue weighted by Crippen LogP contribution is 2.27. The molecule has 0 atom stereocenters. The molecule has 0 bridgehead atoms. The number of benzene rings is 1. The summed E-state index contributed by atoms with van der Waals surface area (Å²) in [5.41, 5.74) is 0.790. The Bertz CT molecular complexity index is 1030. The standard InChI is InChI=1S/C18H18ClF3N4OS/c1-11(2)25-10-23-14-15(25)24-17(28-9-3-8-18(20,21)22)26(16(14)27)13-6-4-12(19)5-7-13/h4-7,10-11H,3,8-9H2,1-2H3. The van der Waals surface area contributed by atoms with Crippen molar-refractivity contribution in [2.45, 2.75) is 44.1 Å². The fourth-order valence-electron chi connectivity index (χ4n) is 2.68. The van der Waals surface area contributed by atoms with Crippen molar-refractivity contribution in [1.29, 1.82) is 0 Å². The number of nitrogens with zero attached hydrogens (tertiary/aromatic N) is 4. The second kappa shape index (κ2) is 8.16. The Morgan fingerprint density at radius 1 is 1.21 bits per heavy atom. The Labute approximate surface area is 168 Å². The van der Waals surface area contributed by atoms with Crippen LogP contribution >= 0.6 is 23.4 Å². The highest BCUT2D eigenvalue weighted by molar-refractivity contribution is 7.99. The second-order valence-electron chi connectivity index (χ2n) is 6.50. The molecule has 0 aliphatic rings. The largest absolute Gasteiger partial charge is 0.389 e. The number of imidazole rings is 1. The van der Waals surface area contributed by atoms with Crippen molar-refractivity contribution in [1.82, 2.24) is 19.1 Å². The monoisotopic (exact) mass is 430 g/mol. The number of aromatic nitrogens is 4. The topological polar surface area (TPSA) is 52.7 Å². The van der Waals surface area contributed by atoms with E-state index in [0.717, 1.165) is 11.8 Å². The van der Waals surface area contributed by atoms with Crippen molar-refractivity contribution < 1.29 is 13.2 Å². The maximum absolute atomic E-state index is 13.1. The molecule has 0 radical (unpaired) electrons. The van der Waals surface area contributed by atoms with Gasteiger partial charge in [-0.25, -0.2) is 9.97 Å². The van der Waals surface area contributed by atoms with Gasteiger partial charge in [-0.15, -0.1) is 0 Å². The average Bonchev–Trinajstić information content (AvgIpc) is 3.04. The van der Waals surface area contributed by atoms with Crippen molar-refractivity contribution >= 4 is 34.5 Å². The molecule has 28 heavy (non-hydrogen) atoms. The molecule has 2 aromatic heterocycles. The molecule has 3 aromatic rings. The van der Waals surface area contributed by atoms with Crippen molar-refractivity contribution in [3.05, 3.63) is 46.0 Å². The minimum atomic E-state index is -4.20. The zero-order valence-electron chi connectivity index (χ0n) is 15.2. The summed E-state index contributed by atoms with van der Waals surface area (Å²) in [6.45, 7) is 3.87. The zero-order valence-corrected chi connectivity index (χ0v) is 16.8. The highest BCUT2D eigenvalue weighted by Gasteiger charge is 2.26. The molecule has 0 aliphatic carbocycles. The fourth-order valence-corrected chi connectivity index (χ4v) is 3.74. The van der Waals surface area contributed by atoms with Gasteiger partial charge in [-0.05, 0) is 44.5 Å². The predicted octanol–water partition coefficient (Wildman–Crippen LogP) is 5.25. The number of fused-ring (bicyclic) bond motifs is 1. The average molecular weight is 431 g/mol. The van der Waals surface area contributed by atoms with Crippen LogP contribution in [0, 0.1) is 0 Å². The summed E-state index contributed by atoms with van der Waals surface area (Å²) in [6.07, 6.45) is -3.60. The van der Waals surface area contributed by atoms with Crippen molar-refractivity contribution in [3.8, 4) is 5.69 Å². The van der Waals surface area contributed by atoms with Gasteiger partial charge >= 0.3 is 6.18 Å². The number of hydrogen-bond donors (Lipinski definition) is 0. The molecule has 0 amide bonds. The van der Waals surface area contributed by atoms with Gasteiger partial charge in [0.25, 0.3) is 5.56 Å². The molecule has 0 unspecified atom stereocenters. The summed E-state index contributed by atoms with van der Waals surface area (Å²) in [7, 11) is 0. The Balaban J connectivity index is 2.06. The summed E-state index contributed by atoms with van der Waals surface area (Å²) in [5, 5.41) is 0.832. The lowest BCUT2D eigenvalue weighted by Crippen LogP contribution is -2.22. The van der Waals surface area contributed by atoms with E-state index in [0.29, 0.717) is 21.5 Å². The van der Waals surface area contributed by atoms with E-state index in [1.54, 1.807) is 35.2 Å². The molecule has 0 saturated heterocycles. The zero-order chi connectivity index (χ0) is 20.5. The third-order valence-electron chi connectivity index (χ3n) is 4.04. The molecule has 1 aromatic carbocycles. The number of alkyl halides is 3. The van der Waals surface area contributed by atoms with Crippen LogP contribution in [0.5, 0.6) is 0 Å². The molecule has 0 N–H and O–H groups in total. The van der Waals surface area contributed by atoms with Gasteiger partial charge in [0.05, 0.1) is 12.0 Å². The molecule has 5 nitrogen and oxygen atoms in total. The predicted molar refractivity (Wildman–Crippen MR) is 105 cm³/mol. The van der Waals surface area contributed by atoms with Gasteiger partial charge in [0.15, 0.2) is 16.3 Å². The Morgan fingerprint density at radius 2 is 1.89 bits per heavy atom. The third-order valence-corrected chi connectivity index (χ3v) is 5.32. The number of halogens is 4. The summed E-state index contributed by atoms with van der Waals surface area (Å²) < 4.78 is 40.4. The lowest BCUT2D eigenvalue weighted by molar-refractivity contribution is -0.134. The van der Waals surface area contributed by atoms with Crippen LogP contribution in [0.4, 0.5) is 13.2 Å². The van der Waals surface area contributed by atoms with E-state index in [1.807, 2.05) is 13.8 Å². The van der Waals surface area contributed by atoms with Crippen molar-refractivity contribution in [2.75, 3.05) is 5.75 Å². The van der Waals surface area contributed by atoms with Gasteiger partial charge in [-0.3, -0.25) is 9.36 Å². The summed E-state index contributed by atoms with van der Waals surface area (Å²) >= 11 is 7.04. The minimum absolute atomic E-state index is 0.0337. The van der Waals surface area contributed by atoms with E-state index in [9.17, 15) is 18.0 Å². The molecule has 0 saturated carbocycles. The molecular weight excluding hydrogens is 413 g/mol. The quantitative estimate of drug-likeness (QED) is 0.304. The van der Waals surface area contributed by atoms with Crippen LogP contribution in [0.15, 0.2) is 40.5 Å². The van der Waals surface area contributed by atoms with Gasteiger partial charge in [0.2, 0.25) is 0 Å². The van der Waals surface area contributed by atoms with Crippen LogP contribution < -0.4 is 5.56 Å². The van der Waals surface area contributed by atoms with Crippen molar-refractivity contribution in [2.24, 2.45) is 0 Å². The Hall–Kier alpha value is -2.00. The molecule has 0 fully saturated rings. The van der Waals surface area contributed by atoms with E-state index < -0.39 is 12.6 Å². The molecule has 150 valence electrons. The Kier molecular flexibility index (Phi) is 6.04. The van der Waals surface area contributed by atoms with Crippen LogP contribution in [0.2, 0.25) is 5.02 Å². The van der Waals surface area contributed by atoms with E-state index in [4.69, 9.17) is 11.6 Å². The first-order valence-electron chi connectivity index (χ1n) is 8.62. The smallest absolute Gasteiger partial charge is 0.312 e. The normalized spacial score (nSPS) is 12.2. The van der Waals surface area contributed by atoms with E-state index in [-0.39, 0.29) is 29.3 Å². The molecule has 0 spiro atoms. The van der Waals surface area contributed by atoms with Gasteiger partial charge in [-0.2, -0.15) is 13.2 Å². The van der Waals surface area contributed by atoms with E-state index in [2.05, 4.69) is 9.97 Å². The van der Waals surface area contributed by atoms with Gasteiger partial charge in [-0.1, -0.05) is 23.4 Å². The third kappa shape index (κ3) is 4.52. The van der Waals surface area contributed by atoms with Crippen LogP contribution in [0.1, 0.15) is 32.7 Å². The molecule has 2 heterocycles.